The maximum absolute atomic E-state index is 10.6. The van der Waals surface area contributed by atoms with Crippen molar-refractivity contribution in [2.45, 2.75) is 39.0 Å². The van der Waals surface area contributed by atoms with Crippen LogP contribution in [0, 0.1) is 10.1 Å². The van der Waals surface area contributed by atoms with E-state index in [4.69, 9.17) is 0 Å². The highest BCUT2D eigenvalue weighted by Gasteiger charge is 2.05. The molecule has 0 aliphatic carbocycles. The molecule has 6 nitrogen and oxygen atoms in total. The molecular formula is C17H29IN4O2. The second-order valence-electron chi connectivity index (χ2n) is 5.63. The van der Waals surface area contributed by atoms with Crippen LogP contribution in [0.3, 0.4) is 0 Å². The van der Waals surface area contributed by atoms with E-state index in [9.17, 15) is 10.1 Å². The topological polar surface area (TPSA) is 70.8 Å². The van der Waals surface area contributed by atoms with Gasteiger partial charge in [-0.2, -0.15) is 0 Å². The zero-order chi connectivity index (χ0) is 17.1. The van der Waals surface area contributed by atoms with Crippen LogP contribution in [-0.4, -0.2) is 43.0 Å². The lowest BCUT2D eigenvalue weighted by atomic mass is 10.1. The number of nitrogens with zero attached hydrogens (tertiary/aromatic N) is 3. The molecule has 0 atom stereocenters. The zero-order valence-corrected chi connectivity index (χ0v) is 17.2. The number of halogens is 1. The Hall–Kier alpha value is -1.38. The Morgan fingerprint density at radius 1 is 1.25 bits per heavy atom. The van der Waals surface area contributed by atoms with Gasteiger partial charge in [-0.15, -0.1) is 24.0 Å². The molecule has 1 N–H and O–H groups in total. The van der Waals surface area contributed by atoms with Gasteiger partial charge in [0.15, 0.2) is 5.96 Å². The Bertz CT molecular complexity index is 506. The van der Waals surface area contributed by atoms with Gasteiger partial charge in [-0.25, -0.2) is 0 Å². The Kier molecular flexibility index (Phi) is 12.2. The van der Waals surface area contributed by atoms with Crippen molar-refractivity contribution in [3.05, 3.63) is 39.9 Å². The van der Waals surface area contributed by atoms with Crippen LogP contribution in [0.5, 0.6) is 0 Å². The molecule has 0 spiro atoms. The predicted octanol–water partition coefficient (Wildman–Crippen LogP) is 3.84. The van der Waals surface area contributed by atoms with Crippen LogP contribution in [0.2, 0.25) is 0 Å². The highest BCUT2D eigenvalue weighted by atomic mass is 127. The molecule has 0 heterocycles. The molecule has 24 heavy (non-hydrogen) atoms. The summed E-state index contributed by atoms with van der Waals surface area (Å²) in [7, 11) is 3.86. The summed E-state index contributed by atoms with van der Waals surface area (Å²) < 4.78 is 0. The first-order valence-electron chi connectivity index (χ1n) is 8.23. The van der Waals surface area contributed by atoms with E-state index >= 15 is 0 Å². The van der Waals surface area contributed by atoms with E-state index in [0.717, 1.165) is 50.3 Å². The molecular weight excluding hydrogens is 419 g/mol. The van der Waals surface area contributed by atoms with Crippen LogP contribution in [-0.2, 0) is 6.42 Å². The zero-order valence-electron chi connectivity index (χ0n) is 14.8. The van der Waals surface area contributed by atoms with Gasteiger partial charge >= 0.3 is 0 Å². The third kappa shape index (κ3) is 8.47. The summed E-state index contributed by atoms with van der Waals surface area (Å²) in [5.41, 5.74) is 1.29. The van der Waals surface area contributed by atoms with Crippen LogP contribution < -0.4 is 5.32 Å². The van der Waals surface area contributed by atoms with E-state index in [2.05, 4.69) is 29.2 Å². The average molecular weight is 448 g/mol. The third-order valence-corrected chi connectivity index (χ3v) is 3.74. The number of nitro benzene ring substituents is 1. The van der Waals surface area contributed by atoms with E-state index in [1.54, 1.807) is 12.1 Å². The lowest BCUT2D eigenvalue weighted by Crippen LogP contribution is -2.39. The number of nitro groups is 1. The number of hydrogen-bond donors (Lipinski definition) is 1. The number of hydrogen-bond acceptors (Lipinski definition) is 3. The Balaban J connectivity index is 0.00000529. The van der Waals surface area contributed by atoms with E-state index in [0.29, 0.717) is 0 Å². The fourth-order valence-corrected chi connectivity index (χ4v) is 2.32. The summed E-state index contributed by atoms with van der Waals surface area (Å²) in [6.45, 7) is 4.08. The largest absolute Gasteiger partial charge is 0.356 e. The van der Waals surface area contributed by atoms with Gasteiger partial charge in [-0.05, 0) is 31.2 Å². The van der Waals surface area contributed by atoms with E-state index in [-0.39, 0.29) is 34.6 Å². The van der Waals surface area contributed by atoms with E-state index < -0.39 is 0 Å². The molecule has 1 aromatic rings. The summed E-state index contributed by atoms with van der Waals surface area (Å²) in [4.78, 5) is 16.7. The monoisotopic (exact) mass is 448 g/mol. The van der Waals surface area contributed by atoms with Crippen molar-refractivity contribution in [3.63, 3.8) is 0 Å². The van der Waals surface area contributed by atoms with Gasteiger partial charge in [0.05, 0.1) is 4.92 Å². The van der Waals surface area contributed by atoms with Crippen molar-refractivity contribution in [2.75, 3.05) is 27.2 Å². The quantitative estimate of drug-likeness (QED) is 0.156. The second kappa shape index (κ2) is 13.0. The van der Waals surface area contributed by atoms with Crippen molar-refractivity contribution in [2.24, 2.45) is 4.99 Å². The molecule has 0 aliphatic rings. The van der Waals surface area contributed by atoms with Crippen molar-refractivity contribution in [1.82, 2.24) is 10.2 Å². The van der Waals surface area contributed by atoms with Crippen LogP contribution in [0.25, 0.3) is 0 Å². The second-order valence-corrected chi connectivity index (χ2v) is 5.63. The highest BCUT2D eigenvalue weighted by Crippen LogP contribution is 2.13. The first-order valence-corrected chi connectivity index (χ1v) is 8.23. The van der Waals surface area contributed by atoms with Gasteiger partial charge < -0.3 is 10.2 Å². The number of aliphatic imine (C=N–C) groups is 1. The molecule has 0 fully saturated rings. The summed E-state index contributed by atoms with van der Waals surface area (Å²) in [6.07, 6.45) is 5.36. The molecule has 7 heteroatoms. The van der Waals surface area contributed by atoms with Crippen LogP contribution in [0.1, 0.15) is 38.2 Å². The molecule has 0 unspecified atom stereocenters. The summed E-state index contributed by atoms with van der Waals surface area (Å²) in [5.74, 6) is 0.939. The molecule has 1 aromatic carbocycles. The summed E-state index contributed by atoms with van der Waals surface area (Å²) in [5, 5.41) is 14.0. The number of unbranched alkanes of at least 4 members (excludes halogenated alkanes) is 2. The van der Waals surface area contributed by atoms with Gasteiger partial charge in [-0.3, -0.25) is 15.1 Å². The first-order chi connectivity index (χ1) is 11.1. The van der Waals surface area contributed by atoms with Crippen molar-refractivity contribution >= 4 is 35.6 Å². The standard InChI is InChI=1S/C17H28N4O2.HI/c1-4-5-14-20(3)17(18-2)19-13-7-6-8-15-9-11-16(12-10-15)21(22)23;/h9-12H,4-8,13-14H2,1-3H3,(H,18,19);1H. The van der Waals surface area contributed by atoms with Crippen molar-refractivity contribution < 1.29 is 4.92 Å². The molecule has 0 saturated heterocycles. The SMILES string of the molecule is CCCCN(C)C(=NC)NCCCCc1ccc([N+](=O)[O-])cc1.I. The van der Waals surface area contributed by atoms with Crippen LogP contribution >= 0.6 is 24.0 Å². The number of non-ortho nitro benzene ring substituents is 1. The van der Waals surface area contributed by atoms with E-state index in [1.165, 1.54) is 6.42 Å². The van der Waals surface area contributed by atoms with E-state index in [1.807, 2.05) is 19.2 Å². The number of aryl methyl sites for hydroxylation is 1. The normalized spacial score (nSPS) is 10.9. The number of guanidine groups is 1. The minimum Gasteiger partial charge on any atom is -0.356 e. The van der Waals surface area contributed by atoms with Crippen molar-refractivity contribution in [3.8, 4) is 0 Å². The first kappa shape index (κ1) is 22.6. The smallest absolute Gasteiger partial charge is 0.269 e. The number of benzene rings is 1. The lowest BCUT2D eigenvalue weighted by Gasteiger charge is -2.21. The molecule has 0 aliphatic heterocycles. The van der Waals surface area contributed by atoms with Gasteiger partial charge in [0.1, 0.15) is 0 Å². The molecule has 0 bridgehead atoms. The molecule has 0 amide bonds. The predicted molar refractivity (Wildman–Crippen MR) is 110 cm³/mol. The number of nitrogens with one attached hydrogen (secondary N) is 1. The van der Waals surface area contributed by atoms with Gasteiger partial charge in [-0.1, -0.05) is 25.5 Å². The third-order valence-electron chi connectivity index (χ3n) is 3.74. The van der Waals surface area contributed by atoms with Crippen LogP contribution in [0.15, 0.2) is 29.3 Å². The van der Waals surface area contributed by atoms with Gasteiger partial charge in [0.25, 0.3) is 5.69 Å². The molecule has 136 valence electrons. The molecule has 0 aromatic heterocycles. The Morgan fingerprint density at radius 2 is 1.92 bits per heavy atom. The fourth-order valence-electron chi connectivity index (χ4n) is 2.32. The molecule has 0 radical (unpaired) electrons. The highest BCUT2D eigenvalue weighted by molar-refractivity contribution is 14.0. The maximum Gasteiger partial charge on any atom is 0.269 e. The van der Waals surface area contributed by atoms with Crippen molar-refractivity contribution in [1.29, 1.82) is 0 Å². The lowest BCUT2D eigenvalue weighted by molar-refractivity contribution is -0.384. The van der Waals surface area contributed by atoms with Crippen LogP contribution in [0.4, 0.5) is 5.69 Å². The minimum absolute atomic E-state index is 0. The Morgan fingerprint density at radius 3 is 2.46 bits per heavy atom. The maximum atomic E-state index is 10.6. The molecule has 0 saturated carbocycles. The molecule has 1 rings (SSSR count). The summed E-state index contributed by atoms with van der Waals surface area (Å²) in [6, 6.07) is 6.81. The fraction of sp³-hybridized carbons (Fsp3) is 0.588. The summed E-state index contributed by atoms with van der Waals surface area (Å²) >= 11 is 0. The van der Waals surface area contributed by atoms with Gasteiger partial charge in [0, 0.05) is 39.3 Å². The number of rotatable bonds is 9. The minimum atomic E-state index is -0.367. The van der Waals surface area contributed by atoms with Gasteiger partial charge in [0.2, 0.25) is 0 Å². The average Bonchev–Trinajstić information content (AvgIpc) is 2.56. The Labute approximate surface area is 161 Å².